The van der Waals surface area contributed by atoms with Crippen LogP contribution in [0.5, 0.6) is 11.6 Å². The van der Waals surface area contributed by atoms with Crippen LogP contribution in [0.4, 0.5) is 4.39 Å². The molecule has 0 aliphatic carbocycles. The smallest absolute Gasteiger partial charge is 0.243 e. The third-order valence-corrected chi connectivity index (χ3v) is 2.38. The maximum atomic E-state index is 12.9. The third kappa shape index (κ3) is 2.69. The summed E-state index contributed by atoms with van der Waals surface area (Å²) in [6.07, 6.45) is 1.52. The fraction of sp³-hybridized carbons (Fsp3) is 0.0909. The van der Waals surface area contributed by atoms with Gasteiger partial charge >= 0.3 is 0 Å². The van der Waals surface area contributed by atoms with Gasteiger partial charge in [0.15, 0.2) is 0 Å². The van der Waals surface area contributed by atoms with Crippen molar-refractivity contribution < 1.29 is 9.13 Å². The van der Waals surface area contributed by atoms with Gasteiger partial charge in [0.1, 0.15) is 11.6 Å². The van der Waals surface area contributed by atoms with E-state index in [4.69, 9.17) is 22.1 Å². The highest BCUT2D eigenvalue weighted by Crippen LogP contribution is 2.26. The van der Waals surface area contributed by atoms with Gasteiger partial charge in [0.05, 0.1) is 11.2 Å². The van der Waals surface area contributed by atoms with E-state index >= 15 is 0 Å². The molecule has 0 saturated carbocycles. The first-order valence-electron chi connectivity index (χ1n) is 4.84. The van der Waals surface area contributed by atoms with Gasteiger partial charge in [-0.25, -0.2) is 4.39 Å². The zero-order chi connectivity index (χ0) is 12.3. The minimum Gasteiger partial charge on any atom is -0.437 e. The van der Waals surface area contributed by atoms with Crippen LogP contribution in [0.1, 0.15) is 5.56 Å². The maximum absolute atomic E-state index is 12.9. The average Bonchev–Trinajstić information content (AvgIpc) is 2.34. The fourth-order valence-corrected chi connectivity index (χ4v) is 1.41. The van der Waals surface area contributed by atoms with Gasteiger partial charge in [0, 0.05) is 18.2 Å². The highest BCUT2D eigenvalue weighted by Gasteiger charge is 2.07. The van der Waals surface area contributed by atoms with Gasteiger partial charge in [-0.05, 0) is 18.2 Å². The number of nitrogens with zero attached hydrogens (tertiary/aromatic N) is 2. The van der Waals surface area contributed by atoms with Crippen molar-refractivity contribution in [3.05, 3.63) is 46.9 Å². The summed E-state index contributed by atoms with van der Waals surface area (Å²) in [5, 5.41) is 7.49. The Labute approximate surface area is 102 Å². The van der Waals surface area contributed by atoms with Crippen molar-refractivity contribution in [3.63, 3.8) is 0 Å². The molecule has 0 aliphatic rings. The van der Waals surface area contributed by atoms with Crippen LogP contribution in [-0.4, -0.2) is 10.2 Å². The zero-order valence-electron chi connectivity index (χ0n) is 8.73. The Morgan fingerprint density at radius 2 is 2.18 bits per heavy atom. The highest BCUT2D eigenvalue weighted by molar-refractivity contribution is 6.30. The second kappa shape index (κ2) is 5.07. The van der Waals surface area contributed by atoms with Crippen LogP contribution in [0, 0.1) is 5.82 Å². The number of halogens is 2. The minimum atomic E-state index is -0.503. The number of hydrogen-bond acceptors (Lipinski definition) is 4. The Hall–Kier alpha value is -1.72. The molecule has 0 aliphatic heterocycles. The quantitative estimate of drug-likeness (QED) is 0.913. The maximum Gasteiger partial charge on any atom is 0.243 e. The summed E-state index contributed by atoms with van der Waals surface area (Å²) < 4.78 is 18.4. The van der Waals surface area contributed by atoms with Crippen LogP contribution in [-0.2, 0) is 6.54 Å². The van der Waals surface area contributed by atoms with Crippen LogP contribution in [0.3, 0.4) is 0 Å². The molecule has 0 radical (unpaired) electrons. The van der Waals surface area contributed by atoms with Crippen molar-refractivity contribution in [2.45, 2.75) is 6.54 Å². The number of rotatable bonds is 3. The molecular weight excluding hydrogens is 245 g/mol. The molecule has 4 nitrogen and oxygen atoms in total. The van der Waals surface area contributed by atoms with E-state index in [-0.39, 0.29) is 17.4 Å². The zero-order valence-corrected chi connectivity index (χ0v) is 9.49. The summed E-state index contributed by atoms with van der Waals surface area (Å²) in [6, 6.07) is 5.74. The number of hydrogen-bond donors (Lipinski definition) is 1. The van der Waals surface area contributed by atoms with Crippen LogP contribution >= 0.6 is 11.6 Å². The number of nitrogens with two attached hydrogens (primary N) is 1. The summed E-state index contributed by atoms with van der Waals surface area (Å²) in [5.74, 6) is 0.168. The van der Waals surface area contributed by atoms with Gasteiger partial charge in [-0.3, -0.25) is 0 Å². The topological polar surface area (TPSA) is 61.0 Å². The van der Waals surface area contributed by atoms with E-state index < -0.39 is 5.82 Å². The Bertz CT molecular complexity index is 536. The van der Waals surface area contributed by atoms with Gasteiger partial charge in [0.25, 0.3) is 0 Å². The van der Waals surface area contributed by atoms with Gasteiger partial charge < -0.3 is 10.5 Å². The lowest BCUT2D eigenvalue weighted by Gasteiger charge is -2.07. The van der Waals surface area contributed by atoms with Crippen molar-refractivity contribution >= 4 is 11.6 Å². The molecule has 1 aromatic carbocycles. The lowest BCUT2D eigenvalue weighted by atomic mass is 10.3. The average molecular weight is 254 g/mol. The lowest BCUT2D eigenvalue weighted by Crippen LogP contribution is -2.02. The van der Waals surface area contributed by atoms with Gasteiger partial charge in [0.2, 0.25) is 5.88 Å². The molecule has 0 saturated heterocycles. The molecule has 2 aromatic rings. The standard InChI is InChI=1S/C11H9ClFN3O/c12-9-5-8(1-2-10(9)13)17-11-7(6-14)3-4-15-16-11/h1-5H,6,14H2. The molecule has 1 aromatic heterocycles. The number of ether oxygens (including phenoxy) is 1. The van der Waals surface area contributed by atoms with E-state index in [0.717, 1.165) is 0 Å². The predicted octanol–water partition coefficient (Wildman–Crippen LogP) is 2.52. The van der Waals surface area contributed by atoms with Gasteiger partial charge in [-0.2, -0.15) is 5.10 Å². The van der Waals surface area contributed by atoms with E-state index in [0.29, 0.717) is 11.3 Å². The summed E-state index contributed by atoms with van der Waals surface area (Å²) in [4.78, 5) is 0. The second-order valence-electron chi connectivity index (χ2n) is 3.24. The van der Waals surface area contributed by atoms with Crippen LogP contribution in [0.15, 0.2) is 30.5 Å². The second-order valence-corrected chi connectivity index (χ2v) is 3.65. The molecule has 17 heavy (non-hydrogen) atoms. The van der Waals surface area contributed by atoms with E-state index in [1.54, 1.807) is 6.07 Å². The Kier molecular flexibility index (Phi) is 3.51. The third-order valence-electron chi connectivity index (χ3n) is 2.09. The molecule has 0 amide bonds. The molecule has 88 valence electrons. The van der Waals surface area contributed by atoms with Crippen molar-refractivity contribution in [1.29, 1.82) is 0 Å². The first kappa shape index (κ1) is 11.8. The monoisotopic (exact) mass is 253 g/mol. The fourth-order valence-electron chi connectivity index (χ4n) is 1.24. The molecule has 2 rings (SSSR count). The van der Waals surface area contributed by atoms with Crippen LogP contribution < -0.4 is 10.5 Å². The molecular formula is C11H9ClFN3O. The van der Waals surface area contributed by atoms with Gasteiger partial charge in [-0.15, -0.1) is 5.10 Å². The molecule has 0 atom stereocenters. The summed E-state index contributed by atoms with van der Waals surface area (Å²) >= 11 is 5.64. The molecule has 6 heteroatoms. The van der Waals surface area contributed by atoms with Crippen molar-refractivity contribution in [1.82, 2.24) is 10.2 Å². The largest absolute Gasteiger partial charge is 0.437 e. The summed E-state index contributed by atoms with van der Waals surface area (Å²) in [7, 11) is 0. The molecule has 0 bridgehead atoms. The Morgan fingerprint density at radius 1 is 1.35 bits per heavy atom. The van der Waals surface area contributed by atoms with Crippen molar-refractivity contribution in [3.8, 4) is 11.6 Å². The highest BCUT2D eigenvalue weighted by atomic mass is 35.5. The molecule has 2 N–H and O–H groups in total. The number of benzene rings is 1. The lowest BCUT2D eigenvalue weighted by molar-refractivity contribution is 0.447. The molecule has 0 fully saturated rings. The van der Waals surface area contributed by atoms with Gasteiger partial charge in [-0.1, -0.05) is 11.6 Å². The van der Waals surface area contributed by atoms with Crippen molar-refractivity contribution in [2.75, 3.05) is 0 Å². The van der Waals surface area contributed by atoms with Crippen molar-refractivity contribution in [2.24, 2.45) is 5.73 Å². The van der Waals surface area contributed by atoms with Crippen LogP contribution in [0.2, 0.25) is 5.02 Å². The summed E-state index contributed by atoms with van der Waals surface area (Å²) in [6.45, 7) is 0.278. The van der Waals surface area contributed by atoms with Crippen LogP contribution in [0.25, 0.3) is 0 Å². The van der Waals surface area contributed by atoms with E-state index in [2.05, 4.69) is 10.2 Å². The molecule has 1 heterocycles. The first-order chi connectivity index (χ1) is 8.20. The minimum absolute atomic E-state index is 0.0133. The Morgan fingerprint density at radius 3 is 2.88 bits per heavy atom. The Balaban J connectivity index is 2.28. The summed E-state index contributed by atoms with van der Waals surface area (Å²) in [5.41, 5.74) is 6.23. The predicted molar refractivity (Wildman–Crippen MR) is 61.4 cm³/mol. The molecule has 0 unspecified atom stereocenters. The SMILES string of the molecule is NCc1ccnnc1Oc1ccc(F)c(Cl)c1. The molecule has 0 spiro atoms. The number of aromatic nitrogens is 2. The first-order valence-corrected chi connectivity index (χ1v) is 5.22. The van der Waals surface area contributed by atoms with E-state index in [9.17, 15) is 4.39 Å². The van der Waals surface area contributed by atoms with E-state index in [1.165, 1.54) is 24.4 Å². The normalized spacial score (nSPS) is 10.3. The van der Waals surface area contributed by atoms with E-state index in [1.807, 2.05) is 0 Å².